The molecule has 0 saturated carbocycles. The Labute approximate surface area is 166 Å². The van der Waals surface area contributed by atoms with Gasteiger partial charge >= 0.3 is 0 Å². The van der Waals surface area contributed by atoms with Crippen molar-refractivity contribution in [3.8, 4) is 0 Å². The molecule has 27 heavy (non-hydrogen) atoms. The lowest BCUT2D eigenvalue weighted by Gasteiger charge is -2.16. The smallest absolute Gasteiger partial charge is 0.0429 e. The largest absolute Gasteiger partial charge is 0.289 e. The van der Waals surface area contributed by atoms with Gasteiger partial charge in [-0.05, 0) is 67.2 Å². The highest BCUT2D eigenvalue weighted by Crippen LogP contribution is 2.26. The molecule has 1 aliphatic carbocycles. The molecular weight excluding hydrogens is 326 g/mol. The van der Waals surface area contributed by atoms with E-state index in [2.05, 4.69) is 75.6 Å². The van der Waals surface area contributed by atoms with Crippen molar-refractivity contribution in [1.82, 2.24) is 0 Å². The van der Waals surface area contributed by atoms with Gasteiger partial charge in [-0.2, -0.15) is 0 Å². The highest BCUT2D eigenvalue weighted by atomic mass is 14.7. The van der Waals surface area contributed by atoms with Crippen LogP contribution in [0, 0.1) is 5.92 Å². The van der Waals surface area contributed by atoms with Crippen molar-refractivity contribution >= 4 is 11.3 Å². The van der Waals surface area contributed by atoms with Gasteiger partial charge in [0.05, 0.1) is 0 Å². The second kappa shape index (κ2) is 11.5. The molecule has 0 spiro atoms. The van der Waals surface area contributed by atoms with Crippen molar-refractivity contribution in [2.45, 2.75) is 58.8 Å². The third kappa shape index (κ3) is 7.54. The number of fused-ring (bicyclic) bond motifs is 1. The minimum atomic E-state index is 0.619. The Bertz CT molecular complexity index is 717. The van der Waals surface area contributed by atoms with E-state index in [9.17, 15) is 0 Å². The van der Waals surface area contributed by atoms with Crippen LogP contribution in [-0.4, -0.2) is 12.3 Å². The van der Waals surface area contributed by atoms with E-state index in [-0.39, 0.29) is 0 Å². The van der Waals surface area contributed by atoms with Gasteiger partial charge in [-0.1, -0.05) is 75.1 Å². The number of hydrogen-bond donors (Lipinski definition) is 0. The standard InChI is InChI=1S/C26H35N/c1-5-21(2)17-18-27-25-15-10-8-6-7-9-13-22(3)19-23(4)26-16-12-11-14-24(26)20-25/h7,9-12,14-16,22H,2,4-6,8,13,17-20H2,1,3H3/b9-7+,15-10+,27-25?. The van der Waals surface area contributed by atoms with E-state index in [1.807, 2.05) is 0 Å². The van der Waals surface area contributed by atoms with Crippen molar-refractivity contribution < 1.29 is 0 Å². The van der Waals surface area contributed by atoms with E-state index in [1.165, 1.54) is 22.3 Å². The zero-order valence-corrected chi connectivity index (χ0v) is 17.2. The molecule has 0 radical (unpaired) electrons. The summed E-state index contributed by atoms with van der Waals surface area (Å²) in [4.78, 5) is 4.90. The van der Waals surface area contributed by atoms with Gasteiger partial charge in [-0.25, -0.2) is 0 Å². The monoisotopic (exact) mass is 361 g/mol. The summed E-state index contributed by atoms with van der Waals surface area (Å²) >= 11 is 0. The van der Waals surface area contributed by atoms with Gasteiger partial charge in [0.2, 0.25) is 0 Å². The van der Waals surface area contributed by atoms with Crippen LogP contribution in [-0.2, 0) is 6.42 Å². The van der Waals surface area contributed by atoms with E-state index >= 15 is 0 Å². The summed E-state index contributed by atoms with van der Waals surface area (Å²) in [5.74, 6) is 0.619. The lowest BCUT2D eigenvalue weighted by Crippen LogP contribution is -2.05. The highest BCUT2D eigenvalue weighted by molar-refractivity contribution is 5.97. The molecule has 0 N–H and O–H groups in total. The molecule has 0 aromatic heterocycles. The maximum absolute atomic E-state index is 4.90. The first-order chi connectivity index (χ1) is 13.1. The Morgan fingerprint density at radius 2 is 1.93 bits per heavy atom. The first kappa shape index (κ1) is 21.2. The molecule has 1 heteroatoms. The maximum atomic E-state index is 4.90. The van der Waals surface area contributed by atoms with Crippen molar-refractivity contribution in [3.63, 3.8) is 0 Å². The van der Waals surface area contributed by atoms with Crippen molar-refractivity contribution in [3.05, 3.63) is 78.4 Å². The van der Waals surface area contributed by atoms with E-state index in [0.29, 0.717) is 5.92 Å². The van der Waals surface area contributed by atoms with Crippen LogP contribution >= 0.6 is 0 Å². The molecule has 0 heterocycles. The number of rotatable bonds is 4. The topological polar surface area (TPSA) is 12.4 Å². The lowest BCUT2D eigenvalue weighted by atomic mass is 9.90. The third-order valence-electron chi connectivity index (χ3n) is 5.16. The van der Waals surface area contributed by atoms with Gasteiger partial charge in [-0.3, -0.25) is 4.99 Å². The van der Waals surface area contributed by atoms with Gasteiger partial charge in [0, 0.05) is 18.7 Å². The van der Waals surface area contributed by atoms with Crippen molar-refractivity contribution in [2.75, 3.05) is 6.54 Å². The second-order valence-electron chi connectivity index (χ2n) is 7.66. The fourth-order valence-corrected chi connectivity index (χ4v) is 3.39. The normalized spacial score (nSPS) is 22.7. The van der Waals surface area contributed by atoms with E-state index in [0.717, 1.165) is 57.2 Å². The molecule has 0 aliphatic heterocycles. The Kier molecular flexibility index (Phi) is 9.04. The highest BCUT2D eigenvalue weighted by Gasteiger charge is 2.11. The summed E-state index contributed by atoms with van der Waals surface area (Å²) in [7, 11) is 0. The predicted molar refractivity (Wildman–Crippen MR) is 121 cm³/mol. The van der Waals surface area contributed by atoms with Crippen molar-refractivity contribution in [2.24, 2.45) is 10.9 Å². The molecule has 1 aliphatic rings. The summed E-state index contributed by atoms with van der Waals surface area (Å²) in [6.45, 7) is 13.8. The molecule has 1 nitrogen and oxygen atoms in total. The quantitative estimate of drug-likeness (QED) is 0.497. The van der Waals surface area contributed by atoms with Crippen LogP contribution in [0.5, 0.6) is 0 Å². The van der Waals surface area contributed by atoms with E-state index < -0.39 is 0 Å². The Balaban J connectivity index is 2.26. The zero-order valence-electron chi connectivity index (χ0n) is 17.2. The fourth-order valence-electron chi connectivity index (χ4n) is 3.39. The molecule has 0 amide bonds. The molecule has 0 saturated heterocycles. The molecule has 0 bridgehead atoms. The summed E-state index contributed by atoms with van der Waals surface area (Å²) in [6.07, 6.45) is 16.3. The SMILES string of the molecule is C=C(CC)CCN=C1/C=C/CC/C=C/CC(C)CC(=C)c2ccccc2C1. The number of allylic oxidation sites excluding steroid dienone is 5. The van der Waals surface area contributed by atoms with Gasteiger partial charge in [0.1, 0.15) is 0 Å². The Hall–Kier alpha value is -2.15. The first-order valence-electron chi connectivity index (χ1n) is 10.4. The second-order valence-corrected chi connectivity index (χ2v) is 7.66. The van der Waals surface area contributed by atoms with Gasteiger partial charge < -0.3 is 0 Å². The minimum Gasteiger partial charge on any atom is -0.289 e. The van der Waals surface area contributed by atoms with Crippen molar-refractivity contribution in [1.29, 1.82) is 0 Å². The van der Waals surface area contributed by atoms with Crippen LogP contribution in [0.25, 0.3) is 5.57 Å². The number of aliphatic imine (C=N–C) groups is 1. The number of hydrogen-bond acceptors (Lipinski definition) is 1. The average Bonchev–Trinajstić information content (AvgIpc) is 2.66. The fraction of sp³-hybridized carbons (Fsp3) is 0.423. The number of nitrogens with zero attached hydrogens (tertiary/aromatic N) is 1. The van der Waals surface area contributed by atoms with Crippen LogP contribution in [0.3, 0.4) is 0 Å². The predicted octanol–water partition coefficient (Wildman–Crippen LogP) is 7.36. The molecule has 1 unspecified atom stereocenters. The molecule has 144 valence electrons. The molecule has 1 aromatic carbocycles. The van der Waals surface area contributed by atoms with Gasteiger partial charge in [0.15, 0.2) is 0 Å². The maximum Gasteiger partial charge on any atom is 0.0429 e. The molecule has 1 aromatic rings. The summed E-state index contributed by atoms with van der Waals surface area (Å²) in [5, 5.41) is 0. The van der Waals surface area contributed by atoms with Gasteiger partial charge in [0.25, 0.3) is 0 Å². The van der Waals surface area contributed by atoms with E-state index in [1.54, 1.807) is 0 Å². The Morgan fingerprint density at radius 1 is 1.15 bits per heavy atom. The summed E-state index contributed by atoms with van der Waals surface area (Å²) in [5.41, 5.74) is 6.31. The van der Waals surface area contributed by atoms with Crippen LogP contribution in [0.15, 0.2) is 72.3 Å². The average molecular weight is 362 g/mol. The molecular formula is C26H35N. The summed E-state index contributed by atoms with van der Waals surface area (Å²) < 4.78 is 0. The van der Waals surface area contributed by atoms with Crippen LogP contribution in [0.4, 0.5) is 0 Å². The molecule has 2 rings (SSSR count). The molecule has 0 fully saturated rings. The lowest BCUT2D eigenvalue weighted by molar-refractivity contribution is 0.610. The molecule has 1 atom stereocenters. The zero-order chi connectivity index (χ0) is 19.5. The third-order valence-corrected chi connectivity index (χ3v) is 5.16. The Morgan fingerprint density at radius 3 is 2.74 bits per heavy atom. The minimum absolute atomic E-state index is 0.619. The van der Waals surface area contributed by atoms with Gasteiger partial charge in [-0.15, -0.1) is 0 Å². The van der Waals surface area contributed by atoms with E-state index in [4.69, 9.17) is 4.99 Å². The number of benzene rings is 1. The van der Waals surface area contributed by atoms with Crippen LogP contribution < -0.4 is 0 Å². The van der Waals surface area contributed by atoms with Crippen LogP contribution in [0.2, 0.25) is 0 Å². The van der Waals surface area contributed by atoms with Crippen LogP contribution in [0.1, 0.15) is 63.5 Å². The summed E-state index contributed by atoms with van der Waals surface area (Å²) in [6, 6.07) is 8.69. The first-order valence-corrected chi connectivity index (χ1v) is 10.4.